The average molecular weight is 430 g/mol. The topological polar surface area (TPSA) is 92.6 Å². The van der Waals surface area contributed by atoms with Gasteiger partial charge in [0.1, 0.15) is 6.10 Å². The maximum atomic E-state index is 9.94. The van der Waals surface area contributed by atoms with E-state index in [1.54, 1.807) is 7.11 Å². The number of methoxy groups -OCH3 is 1. The zero-order valence-corrected chi connectivity index (χ0v) is 18.9. The number of nitrogens with one attached hydrogen (secondary N) is 1. The van der Waals surface area contributed by atoms with E-state index in [4.69, 9.17) is 19.4 Å². The lowest BCUT2D eigenvalue weighted by atomic mass is 9.83. The van der Waals surface area contributed by atoms with Crippen molar-refractivity contribution in [2.75, 3.05) is 39.2 Å². The molecule has 0 unspecified atom stereocenters. The highest BCUT2D eigenvalue weighted by molar-refractivity contribution is 5.86. The van der Waals surface area contributed by atoms with E-state index in [1.807, 2.05) is 19.3 Å². The number of hydrogen-bond donors (Lipinski definition) is 2. The Morgan fingerprint density at radius 3 is 2.58 bits per heavy atom. The number of hydrogen-bond acceptors (Lipinski definition) is 8. The number of piperidine rings is 1. The third kappa shape index (κ3) is 5.42. The summed E-state index contributed by atoms with van der Waals surface area (Å²) in [5.74, 6) is 1.56. The number of anilines is 1. The van der Waals surface area contributed by atoms with E-state index in [0.717, 1.165) is 68.1 Å². The number of aliphatic hydroxyl groups is 1. The average Bonchev–Trinajstić information content (AvgIpc) is 2.76. The van der Waals surface area contributed by atoms with Gasteiger partial charge in [0.05, 0.1) is 23.6 Å². The molecule has 2 aromatic heterocycles. The molecule has 0 radical (unpaired) electrons. The summed E-state index contributed by atoms with van der Waals surface area (Å²) in [5.41, 5.74) is 2.03. The smallest absolute Gasteiger partial charge is 0.224 e. The van der Waals surface area contributed by atoms with E-state index in [1.165, 1.54) is 0 Å². The summed E-state index contributed by atoms with van der Waals surface area (Å²) in [4.78, 5) is 16.5. The van der Waals surface area contributed by atoms with Crippen molar-refractivity contribution in [3.63, 3.8) is 0 Å². The SMILES string of the molecule is COC[C@H](C)Nc1ncc2c(OC3CCN(C)CC3)ncc([C@H]3CC[C@H](O)CC3)c2n1. The highest BCUT2D eigenvalue weighted by Gasteiger charge is 2.26. The van der Waals surface area contributed by atoms with Gasteiger partial charge in [-0.1, -0.05) is 0 Å². The Labute approximate surface area is 184 Å². The van der Waals surface area contributed by atoms with E-state index in [-0.39, 0.29) is 18.2 Å². The van der Waals surface area contributed by atoms with Crippen LogP contribution in [0.1, 0.15) is 56.9 Å². The first-order valence-corrected chi connectivity index (χ1v) is 11.5. The van der Waals surface area contributed by atoms with Crippen molar-refractivity contribution < 1.29 is 14.6 Å². The summed E-state index contributed by atoms with van der Waals surface area (Å²) in [6.07, 6.45) is 9.27. The predicted octanol–water partition coefficient (Wildman–Crippen LogP) is 2.96. The Hall–Kier alpha value is -2.03. The van der Waals surface area contributed by atoms with Crippen molar-refractivity contribution in [3.8, 4) is 5.88 Å². The van der Waals surface area contributed by atoms with Crippen LogP contribution in [0.3, 0.4) is 0 Å². The molecule has 2 aromatic rings. The van der Waals surface area contributed by atoms with Gasteiger partial charge in [-0.05, 0) is 58.4 Å². The highest BCUT2D eigenvalue weighted by atomic mass is 16.5. The Kier molecular flexibility index (Phi) is 7.20. The van der Waals surface area contributed by atoms with Gasteiger partial charge in [-0.15, -0.1) is 0 Å². The summed E-state index contributed by atoms with van der Waals surface area (Å²) in [6, 6.07) is 0.104. The Morgan fingerprint density at radius 1 is 1.13 bits per heavy atom. The van der Waals surface area contributed by atoms with Gasteiger partial charge in [-0.2, -0.15) is 0 Å². The largest absolute Gasteiger partial charge is 0.474 e. The van der Waals surface area contributed by atoms with Gasteiger partial charge in [0.25, 0.3) is 0 Å². The summed E-state index contributed by atoms with van der Waals surface area (Å²) in [6.45, 7) is 4.69. The van der Waals surface area contributed by atoms with E-state index >= 15 is 0 Å². The third-order valence-corrected chi connectivity index (χ3v) is 6.49. The number of pyridine rings is 1. The molecule has 1 atom stereocenters. The molecule has 3 heterocycles. The number of fused-ring (bicyclic) bond motifs is 1. The van der Waals surface area contributed by atoms with Crippen LogP contribution in [-0.4, -0.2) is 77.1 Å². The highest BCUT2D eigenvalue weighted by Crippen LogP contribution is 2.38. The van der Waals surface area contributed by atoms with E-state index < -0.39 is 0 Å². The molecule has 0 spiro atoms. The summed E-state index contributed by atoms with van der Waals surface area (Å²) in [7, 11) is 3.83. The van der Waals surface area contributed by atoms with Crippen LogP contribution in [0, 0.1) is 0 Å². The van der Waals surface area contributed by atoms with Crippen LogP contribution in [-0.2, 0) is 4.74 Å². The summed E-state index contributed by atoms with van der Waals surface area (Å²) in [5, 5.41) is 14.1. The second-order valence-corrected chi connectivity index (χ2v) is 9.10. The lowest BCUT2D eigenvalue weighted by Gasteiger charge is -2.30. The third-order valence-electron chi connectivity index (χ3n) is 6.49. The van der Waals surface area contributed by atoms with Crippen LogP contribution < -0.4 is 10.1 Å². The molecule has 4 rings (SSSR count). The van der Waals surface area contributed by atoms with Crippen LogP contribution in [0.15, 0.2) is 12.4 Å². The minimum absolute atomic E-state index is 0.104. The number of nitrogens with zero attached hydrogens (tertiary/aromatic N) is 4. The number of aromatic nitrogens is 3. The molecule has 2 N–H and O–H groups in total. The number of aliphatic hydroxyl groups excluding tert-OH is 1. The molecule has 0 bridgehead atoms. The van der Waals surface area contributed by atoms with Gasteiger partial charge >= 0.3 is 0 Å². The molecule has 1 saturated heterocycles. The molecule has 2 fully saturated rings. The second-order valence-electron chi connectivity index (χ2n) is 9.10. The van der Waals surface area contributed by atoms with E-state index in [0.29, 0.717) is 24.4 Å². The van der Waals surface area contributed by atoms with Gasteiger partial charge in [0.2, 0.25) is 11.8 Å². The summed E-state index contributed by atoms with van der Waals surface area (Å²) >= 11 is 0. The summed E-state index contributed by atoms with van der Waals surface area (Å²) < 4.78 is 11.6. The van der Waals surface area contributed by atoms with Crippen molar-refractivity contribution in [2.24, 2.45) is 0 Å². The van der Waals surface area contributed by atoms with Crippen molar-refractivity contribution in [3.05, 3.63) is 18.0 Å². The molecule has 31 heavy (non-hydrogen) atoms. The van der Waals surface area contributed by atoms with Crippen molar-refractivity contribution in [1.82, 2.24) is 19.9 Å². The fourth-order valence-electron chi connectivity index (χ4n) is 4.64. The Balaban J connectivity index is 1.65. The lowest BCUT2D eigenvalue weighted by molar-refractivity contribution is 0.111. The van der Waals surface area contributed by atoms with Gasteiger partial charge in [-0.3, -0.25) is 0 Å². The molecule has 8 nitrogen and oxygen atoms in total. The molecule has 0 amide bonds. The van der Waals surface area contributed by atoms with Crippen molar-refractivity contribution in [1.29, 1.82) is 0 Å². The molecule has 170 valence electrons. The molecular formula is C23H35N5O3. The monoisotopic (exact) mass is 429 g/mol. The minimum Gasteiger partial charge on any atom is -0.474 e. The second kappa shape index (κ2) is 10.1. The van der Waals surface area contributed by atoms with E-state index in [9.17, 15) is 5.11 Å². The molecule has 1 aliphatic carbocycles. The van der Waals surface area contributed by atoms with Gasteiger partial charge in [-0.25, -0.2) is 15.0 Å². The molecule has 8 heteroatoms. The quantitative estimate of drug-likeness (QED) is 0.694. The van der Waals surface area contributed by atoms with Crippen LogP contribution >= 0.6 is 0 Å². The first-order chi connectivity index (χ1) is 15.0. The Bertz CT molecular complexity index is 864. The van der Waals surface area contributed by atoms with Crippen molar-refractivity contribution in [2.45, 2.75) is 69.6 Å². The Morgan fingerprint density at radius 2 is 1.87 bits per heavy atom. The number of ether oxygens (including phenoxy) is 2. The molecule has 2 aliphatic rings. The molecular weight excluding hydrogens is 394 g/mol. The van der Waals surface area contributed by atoms with Crippen LogP contribution in [0.2, 0.25) is 0 Å². The molecule has 1 saturated carbocycles. The van der Waals surface area contributed by atoms with E-state index in [2.05, 4.69) is 22.2 Å². The zero-order valence-electron chi connectivity index (χ0n) is 18.9. The van der Waals surface area contributed by atoms with Gasteiger partial charge < -0.3 is 24.8 Å². The maximum Gasteiger partial charge on any atom is 0.224 e. The number of rotatable bonds is 7. The standard InChI is InChI=1S/C23H35N5O3/c1-15(14-30-3)26-23-25-13-20-21(27-23)19(16-4-6-17(29)7-5-16)12-24-22(20)31-18-8-10-28(2)11-9-18/h12-13,15-18,29H,4-11,14H2,1-3H3,(H,25,26,27)/t15-,16-,17-/m0/s1. The predicted molar refractivity (Wildman–Crippen MR) is 121 cm³/mol. The number of likely N-dealkylation sites (tertiary alicyclic amines) is 1. The minimum atomic E-state index is -0.191. The van der Waals surface area contributed by atoms with Crippen LogP contribution in [0.25, 0.3) is 10.9 Å². The molecule has 0 aromatic carbocycles. The maximum absolute atomic E-state index is 9.94. The normalized spacial score (nSPS) is 24.3. The molecule has 1 aliphatic heterocycles. The first-order valence-electron chi connectivity index (χ1n) is 11.5. The first kappa shape index (κ1) is 22.2. The van der Waals surface area contributed by atoms with Crippen molar-refractivity contribution >= 4 is 16.9 Å². The van der Waals surface area contributed by atoms with Crippen LogP contribution in [0.4, 0.5) is 5.95 Å². The van der Waals surface area contributed by atoms with Gasteiger partial charge in [0.15, 0.2) is 0 Å². The fraction of sp³-hybridized carbons (Fsp3) is 0.696. The van der Waals surface area contributed by atoms with Crippen LogP contribution in [0.5, 0.6) is 5.88 Å². The lowest BCUT2D eigenvalue weighted by Crippen LogP contribution is -2.35. The zero-order chi connectivity index (χ0) is 21.8. The fourth-order valence-corrected chi connectivity index (χ4v) is 4.64. The van der Waals surface area contributed by atoms with Gasteiger partial charge in [0, 0.05) is 44.2 Å².